The maximum absolute atomic E-state index is 14.7. The Kier molecular flexibility index (Phi) is 11.8. The second-order valence-electron chi connectivity index (χ2n) is 14.0. The van der Waals surface area contributed by atoms with Gasteiger partial charge in [0.25, 0.3) is 5.91 Å². The smallest absolute Gasteiger partial charge is 0.416 e. The largest absolute Gasteiger partial charge is 0.495 e. The van der Waals surface area contributed by atoms with Gasteiger partial charge >= 0.3 is 12.4 Å². The number of nitrogens with one attached hydrogen (secondary N) is 1. The molecule has 1 aromatic heterocycles. The SMILES string of the molecule is COc1cc2nc(-c3cccc(C(F)(F)F)c3)c(CN3CCC(N4CCOCC4)CC3)c(C(=O)N[C@H](c3ccccc3)C(F)(F)F)c2cc1S(=O)(=O)C(C)C. The first kappa shape index (κ1) is 40.4. The van der Waals surface area contributed by atoms with Gasteiger partial charge in [0, 0.05) is 48.3 Å². The molecule has 0 aliphatic carbocycles. The molecular formula is C39H42F6N4O5S. The van der Waals surface area contributed by atoms with Crippen LogP contribution in [0.25, 0.3) is 22.2 Å². The van der Waals surface area contributed by atoms with Crippen molar-refractivity contribution in [1.82, 2.24) is 20.1 Å². The molecular weight excluding hydrogens is 751 g/mol. The van der Waals surface area contributed by atoms with Crippen molar-refractivity contribution in [3.05, 3.63) is 89.0 Å². The molecule has 1 atom stereocenters. The van der Waals surface area contributed by atoms with E-state index >= 15 is 0 Å². The highest BCUT2D eigenvalue weighted by Crippen LogP contribution is 2.40. The van der Waals surface area contributed by atoms with Crippen LogP contribution in [0.1, 0.15) is 59.8 Å². The number of piperidine rings is 1. The van der Waals surface area contributed by atoms with E-state index in [1.54, 1.807) is 0 Å². The van der Waals surface area contributed by atoms with Crippen LogP contribution in [-0.2, 0) is 27.3 Å². The first-order valence-electron chi connectivity index (χ1n) is 17.9. The van der Waals surface area contributed by atoms with Gasteiger partial charge in [0.1, 0.15) is 10.6 Å². The molecule has 1 N–H and O–H groups in total. The van der Waals surface area contributed by atoms with Crippen LogP contribution < -0.4 is 10.1 Å². The number of carbonyl (C=O) groups is 1. The second kappa shape index (κ2) is 16.1. The number of benzene rings is 3. The zero-order valence-electron chi connectivity index (χ0n) is 30.5. The molecule has 2 saturated heterocycles. The quantitative estimate of drug-likeness (QED) is 0.166. The third-order valence-corrected chi connectivity index (χ3v) is 12.4. The van der Waals surface area contributed by atoms with Crippen LogP contribution in [0.2, 0.25) is 0 Å². The number of hydrogen-bond donors (Lipinski definition) is 1. The zero-order valence-corrected chi connectivity index (χ0v) is 31.3. The number of sulfone groups is 1. The monoisotopic (exact) mass is 792 g/mol. The number of aromatic nitrogens is 1. The minimum absolute atomic E-state index is 0.0303. The lowest BCUT2D eigenvalue weighted by atomic mass is 9.93. The topological polar surface area (TPSA) is 101 Å². The van der Waals surface area contributed by atoms with Crippen molar-refractivity contribution in [2.45, 2.75) is 67.8 Å². The van der Waals surface area contributed by atoms with Gasteiger partial charge in [0.15, 0.2) is 15.9 Å². The second-order valence-corrected chi connectivity index (χ2v) is 16.5. The summed E-state index contributed by atoms with van der Waals surface area (Å²) in [6.07, 6.45) is -8.26. The fourth-order valence-electron chi connectivity index (χ4n) is 7.25. The highest BCUT2D eigenvalue weighted by molar-refractivity contribution is 7.92. The number of alkyl halides is 6. The molecule has 4 aromatic rings. The lowest BCUT2D eigenvalue weighted by molar-refractivity contribution is -0.155. The van der Waals surface area contributed by atoms with Crippen LogP contribution in [0.5, 0.6) is 5.75 Å². The van der Waals surface area contributed by atoms with E-state index in [-0.39, 0.29) is 62.1 Å². The number of fused-ring (bicyclic) bond motifs is 1. The molecule has 2 aliphatic rings. The Labute approximate surface area is 315 Å². The molecule has 2 aliphatic heterocycles. The zero-order chi connectivity index (χ0) is 39.7. The highest BCUT2D eigenvalue weighted by atomic mass is 32.2. The fourth-order valence-corrected chi connectivity index (χ4v) is 8.47. The Bertz CT molecular complexity index is 2120. The van der Waals surface area contributed by atoms with E-state index in [0.29, 0.717) is 26.3 Å². The number of halogens is 6. The van der Waals surface area contributed by atoms with Crippen LogP contribution >= 0.6 is 0 Å². The molecule has 55 heavy (non-hydrogen) atoms. The van der Waals surface area contributed by atoms with Crippen molar-refractivity contribution in [1.29, 1.82) is 0 Å². The summed E-state index contributed by atoms with van der Waals surface area (Å²) in [6.45, 7) is 6.61. The third-order valence-electron chi connectivity index (χ3n) is 10.2. The molecule has 6 rings (SSSR count). The maximum atomic E-state index is 14.7. The summed E-state index contributed by atoms with van der Waals surface area (Å²) in [5.74, 6) is -1.35. The van der Waals surface area contributed by atoms with E-state index in [4.69, 9.17) is 14.5 Å². The number of nitrogens with zero attached hydrogens (tertiary/aromatic N) is 3. The molecule has 1 amide bonds. The van der Waals surface area contributed by atoms with Crippen LogP contribution in [0.4, 0.5) is 26.3 Å². The van der Waals surface area contributed by atoms with Crippen LogP contribution in [0.3, 0.4) is 0 Å². The van der Waals surface area contributed by atoms with Gasteiger partial charge in [0.05, 0.1) is 47.9 Å². The van der Waals surface area contributed by atoms with Crippen LogP contribution in [0, 0.1) is 0 Å². The summed E-state index contributed by atoms with van der Waals surface area (Å²) >= 11 is 0. The molecule has 0 bridgehead atoms. The van der Waals surface area contributed by atoms with Crippen molar-refractivity contribution < 1.29 is 49.0 Å². The molecule has 0 unspecified atom stereocenters. The van der Waals surface area contributed by atoms with Gasteiger partial charge in [-0.15, -0.1) is 0 Å². The first-order valence-corrected chi connectivity index (χ1v) is 19.5. The number of likely N-dealkylation sites (tertiary alicyclic amines) is 1. The molecule has 0 spiro atoms. The predicted octanol–water partition coefficient (Wildman–Crippen LogP) is 7.44. The van der Waals surface area contributed by atoms with Gasteiger partial charge in [-0.05, 0) is 63.5 Å². The van der Waals surface area contributed by atoms with Crippen LogP contribution in [0.15, 0.2) is 71.6 Å². The maximum Gasteiger partial charge on any atom is 0.416 e. The average Bonchev–Trinajstić information content (AvgIpc) is 3.16. The minimum atomic E-state index is -4.96. The third kappa shape index (κ3) is 8.77. The van der Waals surface area contributed by atoms with Gasteiger partial charge in [-0.2, -0.15) is 26.3 Å². The summed E-state index contributed by atoms with van der Waals surface area (Å²) in [5.41, 5.74) is -1.68. The molecule has 2 fully saturated rings. The highest BCUT2D eigenvalue weighted by Gasteiger charge is 2.43. The molecule has 296 valence electrons. The lowest BCUT2D eigenvalue weighted by Crippen LogP contribution is -2.48. The van der Waals surface area contributed by atoms with E-state index in [1.807, 2.05) is 4.90 Å². The van der Waals surface area contributed by atoms with E-state index in [9.17, 15) is 39.6 Å². The predicted molar refractivity (Wildman–Crippen MR) is 194 cm³/mol. The van der Waals surface area contributed by atoms with Crippen molar-refractivity contribution in [2.24, 2.45) is 0 Å². The molecule has 0 radical (unpaired) electrons. The standard InChI is InChI=1S/C39H42F6N4O5S/c1-24(2)55(51,52)33-21-29-31(22-32(33)53-3)46-35(26-10-7-11-27(20-26)38(40,41)42)30(23-48-14-12-28(13-15-48)49-16-18-54-19-17-49)34(29)37(50)47-36(39(43,44)45)25-8-5-4-6-9-25/h4-11,20-22,24,28,36H,12-19,23H2,1-3H3,(H,47,50)/t36-/m1/s1. The van der Waals surface area contributed by atoms with Gasteiger partial charge in [-0.25, -0.2) is 13.4 Å². The van der Waals surface area contributed by atoms with E-state index in [2.05, 4.69) is 10.2 Å². The number of ether oxygens (including phenoxy) is 2. The summed E-state index contributed by atoms with van der Waals surface area (Å²) in [5, 5.41) is 1.10. The number of morpholine rings is 1. The van der Waals surface area contributed by atoms with Crippen molar-refractivity contribution in [3.8, 4) is 17.0 Å². The molecule has 3 heterocycles. The average molecular weight is 793 g/mol. The Hall–Kier alpha value is -4.25. The normalized spacial score (nSPS) is 17.4. The first-order chi connectivity index (χ1) is 26.0. The summed E-state index contributed by atoms with van der Waals surface area (Å²) in [7, 11) is -2.87. The van der Waals surface area contributed by atoms with Crippen molar-refractivity contribution in [2.75, 3.05) is 46.5 Å². The van der Waals surface area contributed by atoms with E-state index in [0.717, 1.165) is 38.1 Å². The Morgan fingerprint density at radius 1 is 0.945 bits per heavy atom. The number of pyridine rings is 1. The fraction of sp³-hybridized carbons (Fsp3) is 0.436. The molecule has 0 saturated carbocycles. The van der Waals surface area contributed by atoms with Gasteiger partial charge in [0.2, 0.25) is 0 Å². The lowest BCUT2D eigenvalue weighted by Gasteiger charge is -2.40. The Morgan fingerprint density at radius 2 is 1.62 bits per heavy atom. The molecule has 9 nitrogen and oxygen atoms in total. The van der Waals surface area contributed by atoms with Crippen molar-refractivity contribution in [3.63, 3.8) is 0 Å². The summed E-state index contributed by atoms with van der Waals surface area (Å²) in [6, 6.07) is 11.3. The number of carbonyl (C=O) groups excluding carboxylic acids is 1. The molecule has 16 heteroatoms. The minimum Gasteiger partial charge on any atom is -0.495 e. The summed E-state index contributed by atoms with van der Waals surface area (Å²) in [4.78, 5) is 23.4. The van der Waals surface area contributed by atoms with E-state index in [1.165, 1.54) is 75.6 Å². The number of hydrogen-bond acceptors (Lipinski definition) is 8. The van der Waals surface area contributed by atoms with E-state index < -0.39 is 45.0 Å². The number of methoxy groups -OCH3 is 1. The Morgan fingerprint density at radius 3 is 2.22 bits per heavy atom. The Balaban J connectivity index is 1.58. The van der Waals surface area contributed by atoms with Gasteiger partial charge < -0.3 is 14.8 Å². The van der Waals surface area contributed by atoms with Crippen molar-refractivity contribution >= 4 is 26.6 Å². The van der Waals surface area contributed by atoms with Crippen LogP contribution in [-0.4, -0.2) is 93.1 Å². The van der Waals surface area contributed by atoms with Gasteiger partial charge in [-0.1, -0.05) is 42.5 Å². The number of amides is 1. The molecule has 3 aromatic carbocycles. The van der Waals surface area contributed by atoms with Gasteiger partial charge in [-0.3, -0.25) is 14.6 Å². The summed E-state index contributed by atoms with van der Waals surface area (Å²) < 4.78 is 125. The number of rotatable bonds is 10.